The van der Waals surface area contributed by atoms with Crippen molar-refractivity contribution in [2.45, 2.75) is 25.3 Å². The molecular weight excluding hydrogens is 538 g/mol. The lowest BCUT2D eigenvalue weighted by molar-refractivity contribution is -0.139. The van der Waals surface area contributed by atoms with Gasteiger partial charge in [0.1, 0.15) is 24.5 Å². The van der Waals surface area contributed by atoms with Crippen LogP contribution in [0.2, 0.25) is 0 Å². The highest BCUT2D eigenvalue weighted by Crippen LogP contribution is 2.32. The van der Waals surface area contributed by atoms with E-state index in [1.165, 1.54) is 22.8 Å². The van der Waals surface area contributed by atoms with Crippen LogP contribution in [0.5, 0.6) is 5.88 Å². The summed E-state index contributed by atoms with van der Waals surface area (Å²) in [5.41, 5.74) is -4.31. The van der Waals surface area contributed by atoms with E-state index in [4.69, 9.17) is 4.74 Å². The van der Waals surface area contributed by atoms with Crippen molar-refractivity contribution in [2.24, 2.45) is 0 Å². The van der Waals surface area contributed by atoms with Gasteiger partial charge in [-0.1, -0.05) is 6.07 Å². The Kier molecular flexibility index (Phi) is 7.60. The summed E-state index contributed by atoms with van der Waals surface area (Å²) >= 11 is 0. The molecule has 3 aromatic heterocycles. The summed E-state index contributed by atoms with van der Waals surface area (Å²) in [6, 6.07) is 3.91. The minimum atomic E-state index is -4.90. The van der Waals surface area contributed by atoms with E-state index in [2.05, 4.69) is 25.4 Å². The molecule has 1 aliphatic heterocycles. The molecule has 0 radical (unpaired) electrons. The van der Waals surface area contributed by atoms with Crippen molar-refractivity contribution in [1.82, 2.24) is 25.1 Å². The summed E-state index contributed by atoms with van der Waals surface area (Å²) < 4.78 is 83.5. The van der Waals surface area contributed by atoms with Gasteiger partial charge in [-0.2, -0.15) is 36.4 Å². The fourth-order valence-electron chi connectivity index (χ4n) is 3.66. The Bertz CT molecular complexity index is 1380. The summed E-state index contributed by atoms with van der Waals surface area (Å²) in [4.78, 5) is 38.8. The smallest absolute Gasteiger partial charge is 0.423 e. The van der Waals surface area contributed by atoms with Gasteiger partial charge in [-0.25, -0.2) is 15.1 Å². The minimum absolute atomic E-state index is 0.0215. The van der Waals surface area contributed by atoms with Crippen LogP contribution in [0.4, 0.5) is 43.8 Å². The van der Waals surface area contributed by atoms with Crippen molar-refractivity contribution < 1.29 is 35.9 Å². The van der Waals surface area contributed by atoms with Gasteiger partial charge in [0.25, 0.3) is 5.56 Å². The number of aromatic amines is 1. The summed E-state index contributed by atoms with van der Waals surface area (Å²) in [6.07, 6.45) is -7.34. The molecule has 0 bridgehead atoms. The molecular formula is C22H20F6N8O3. The van der Waals surface area contributed by atoms with Gasteiger partial charge in [0, 0.05) is 31.5 Å². The number of rotatable bonds is 7. The Labute approximate surface area is 215 Å². The highest BCUT2D eigenvalue weighted by Gasteiger charge is 2.37. The Morgan fingerprint density at radius 3 is 2.41 bits per heavy atom. The number of ether oxygens (including phenoxy) is 1. The predicted octanol–water partition coefficient (Wildman–Crippen LogP) is 2.73. The molecule has 208 valence electrons. The highest BCUT2D eigenvalue weighted by atomic mass is 19.4. The average molecular weight is 558 g/mol. The SMILES string of the molecule is C[C@@H](COc1cccc(N2CCN(c3ncc(C(F)(F)F)cn3)CC2=O)n1)Nc1cn[nH]c(=O)c1C(F)(F)F. The minimum Gasteiger partial charge on any atom is -0.475 e. The second-order valence-electron chi connectivity index (χ2n) is 8.41. The quantitative estimate of drug-likeness (QED) is 0.421. The third kappa shape index (κ3) is 6.53. The van der Waals surface area contributed by atoms with Gasteiger partial charge in [-0.05, 0) is 13.0 Å². The second-order valence-corrected chi connectivity index (χ2v) is 8.41. The molecule has 1 fully saturated rings. The van der Waals surface area contributed by atoms with Crippen LogP contribution in [-0.2, 0) is 17.1 Å². The number of hydrogen-bond acceptors (Lipinski definition) is 9. The standard InChI is InChI=1S/C22H20F6N8O3/c1-12(32-14-9-31-34-19(38)18(14)22(26,27)28)11-39-16-4-2-3-15(33-16)36-6-5-35(10-17(36)37)20-29-7-13(8-30-20)21(23,24)25/h2-4,7-9,12H,5-6,10-11H2,1H3,(H2,32,34,38)/t12-/m0/s1. The summed E-state index contributed by atoms with van der Waals surface area (Å²) in [7, 11) is 0. The number of anilines is 3. The van der Waals surface area contributed by atoms with Crippen LogP contribution in [0, 0.1) is 0 Å². The largest absolute Gasteiger partial charge is 0.475 e. The van der Waals surface area contributed by atoms with Gasteiger partial charge in [0.05, 0.1) is 23.5 Å². The number of nitrogens with zero attached hydrogens (tertiary/aromatic N) is 6. The first-order valence-corrected chi connectivity index (χ1v) is 11.3. The number of aromatic nitrogens is 5. The van der Waals surface area contributed by atoms with Crippen molar-refractivity contribution in [1.29, 1.82) is 0 Å². The second kappa shape index (κ2) is 10.7. The normalized spacial score (nSPS) is 15.3. The lowest BCUT2D eigenvalue weighted by atomic mass is 10.2. The number of carbonyl (C=O) groups excluding carboxylic acids is 1. The Morgan fingerprint density at radius 2 is 1.77 bits per heavy atom. The Hall–Kier alpha value is -4.44. The molecule has 17 heteroatoms. The number of amides is 1. The van der Waals surface area contributed by atoms with Gasteiger partial charge >= 0.3 is 12.4 Å². The molecule has 0 saturated carbocycles. The van der Waals surface area contributed by atoms with Gasteiger partial charge < -0.3 is 15.0 Å². The van der Waals surface area contributed by atoms with E-state index < -0.39 is 46.7 Å². The zero-order chi connectivity index (χ0) is 28.4. The number of piperazine rings is 1. The predicted molar refractivity (Wildman–Crippen MR) is 124 cm³/mol. The molecule has 39 heavy (non-hydrogen) atoms. The molecule has 3 aromatic rings. The lowest BCUT2D eigenvalue weighted by Crippen LogP contribution is -2.51. The summed E-state index contributed by atoms with van der Waals surface area (Å²) in [5.74, 6) is -0.107. The number of hydrogen-bond donors (Lipinski definition) is 2. The van der Waals surface area contributed by atoms with Crippen LogP contribution in [0.3, 0.4) is 0 Å². The first-order valence-electron chi connectivity index (χ1n) is 11.3. The maximum absolute atomic E-state index is 13.2. The number of carbonyl (C=O) groups is 1. The highest BCUT2D eigenvalue weighted by molar-refractivity contribution is 5.96. The van der Waals surface area contributed by atoms with Crippen LogP contribution >= 0.6 is 0 Å². The number of pyridine rings is 1. The molecule has 1 atom stereocenters. The first-order chi connectivity index (χ1) is 18.3. The molecule has 2 N–H and O–H groups in total. The van der Waals surface area contributed by atoms with Crippen LogP contribution in [-0.4, -0.2) is 63.3 Å². The zero-order valence-corrected chi connectivity index (χ0v) is 20.0. The molecule has 1 aliphatic rings. The third-order valence-electron chi connectivity index (χ3n) is 5.48. The van der Waals surface area contributed by atoms with Crippen molar-refractivity contribution in [3.8, 4) is 5.88 Å². The molecule has 1 saturated heterocycles. The van der Waals surface area contributed by atoms with E-state index >= 15 is 0 Å². The topological polar surface area (TPSA) is 129 Å². The van der Waals surface area contributed by atoms with E-state index in [9.17, 15) is 35.9 Å². The van der Waals surface area contributed by atoms with Gasteiger partial charge in [0.2, 0.25) is 17.7 Å². The van der Waals surface area contributed by atoms with E-state index in [1.54, 1.807) is 17.2 Å². The van der Waals surface area contributed by atoms with Crippen LogP contribution in [0.25, 0.3) is 0 Å². The maximum atomic E-state index is 13.2. The summed E-state index contributed by atoms with van der Waals surface area (Å²) in [5, 5.41) is 7.69. The molecule has 11 nitrogen and oxygen atoms in total. The fraction of sp³-hybridized carbons (Fsp3) is 0.364. The van der Waals surface area contributed by atoms with Crippen molar-refractivity contribution in [2.75, 3.05) is 41.4 Å². The fourth-order valence-corrected chi connectivity index (χ4v) is 3.66. The first kappa shape index (κ1) is 27.6. The van der Waals surface area contributed by atoms with Crippen LogP contribution < -0.4 is 25.4 Å². The van der Waals surface area contributed by atoms with Crippen molar-refractivity contribution in [3.05, 3.63) is 58.3 Å². The van der Waals surface area contributed by atoms with E-state index in [-0.39, 0.29) is 43.9 Å². The Balaban J connectivity index is 1.37. The monoisotopic (exact) mass is 558 g/mol. The maximum Gasteiger partial charge on any atom is 0.423 e. The van der Waals surface area contributed by atoms with Gasteiger partial charge in [0.15, 0.2) is 0 Å². The number of halogens is 6. The zero-order valence-electron chi connectivity index (χ0n) is 20.0. The van der Waals surface area contributed by atoms with E-state index in [0.717, 1.165) is 6.20 Å². The van der Waals surface area contributed by atoms with Gasteiger partial charge in [-0.3, -0.25) is 14.5 Å². The molecule has 0 aromatic carbocycles. The van der Waals surface area contributed by atoms with Gasteiger partial charge in [-0.15, -0.1) is 0 Å². The molecule has 1 amide bonds. The molecule has 0 unspecified atom stereocenters. The van der Waals surface area contributed by atoms with Crippen molar-refractivity contribution >= 4 is 23.4 Å². The molecule has 0 spiro atoms. The van der Waals surface area contributed by atoms with Crippen LogP contribution in [0.15, 0.2) is 41.6 Å². The van der Waals surface area contributed by atoms with E-state index in [0.29, 0.717) is 12.4 Å². The number of H-pyrrole nitrogens is 1. The molecule has 4 rings (SSSR count). The van der Waals surface area contributed by atoms with Crippen molar-refractivity contribution in [3.63, 3.8) is 0 Å². The molecule has 4 heterocycles. The number of alkyl halides is 6. The summed E-state index contributed by atoms with van der Waals surface area (Å²) in [6.45, 7) is 1.53. The van der Waals surface area contributed by atoms with E-state index in [1.807, 2.05) is 0 Å². The molecule has 0 aliphatic carbocycles. The average Bonchev–Trinajstić information content (AvgIpc) is 2.86. The number of nitrogens with one attached hydrogen (secondary N) is 2. The lowest BCUT2D eigenvalue weighted by Gasteiger charge is -2.33. The Morgan fingerprint density at radius 1 is 1.05 bits per heavy atom. The van der Waals surface area contributed by atoms with Crippen LogP contribution in [0.1, 0.15) is 18.1 Å². The third-order valence-corrected chi connectivity index (χ3v) is 5.48.